The number of allylic oxidation sites excluding steroid dienone is 3. The van der Waals surface area contributed by atoms with Gasteiger partial charge in [-0.2, -0.15) is 0 Å². The van der Waals surface area contributed by atoms with Crippen LogP contribution in [0.4, 0.5) is 0 Å². The van der Waals surface area contributed by atoms with Gasteiger partial charge in [0, 0.05) is 17.0 Å². The van der Waals surface area contributed by atoms with Crippen LogP contribution in [-0.2, 0) is 9.53 Å². The second-order valence-corrected chi connectivity index (χ2v) is 5.53. The third-order valence-corrected chi connectivity index (χ3v) is 4.03. The molecule has 2 aromatic rings. The first kappa shape index (κ1) is 15.3. The van der Waals surface area contributed by atoms with Gasteiger partial charge < -0.3 is 9.15 Å². The highest BCUT2D eigenvalue weighted by atomic mass is 16.5. The number of ether oxygens (including phenoxy) is 1. The van der Waals surface area contributed by atoms with E-state index in [1.54, 1.807) is 13.0 Å². The Morgan fingerprint density at radius 3 is 2.78 bits per heavy atom. The summed E-state index contributed by atoms with van der Waals surface area (Å²) in [6, 6.07) is 9.01. The summed E-state index contributed by atoms with van der Waals surface area (Å²) < 4.78 is 10.3. The van der Waals surface area contributed by atoms with Gasteiger partial charge in [-0.25, -0.2) is 9.59 Å². The molecule has 4 nitrogen and oxygen atoms in total. The minimum atomic E-state index is -0.363. The molecular formula is C19H18O4. The van der Waals surface area contributed by atoms with E-state index in [0.29, 0.717) is 30.6 Å². The Labute approximate surface area is 134 Å². The van der Waals surface area contributed by atoms with Crippen molar-refractivity contribution < 1.29 is 13.9 Å². The molecule has 0 saturated carbocycles. The average molecular weight is 310 g/mol. The lowest BCUT2D eigenvalue weighted by Gasteiger charge is -2.18. The fourth-order valence-electron chi connectivity index (χ4n) is 2.95. The molecule has 0 unspecified atom stereocenters. The van der Waals surface area contributed by atoms with Crippen LogP contribution in [0, 0.1) is 0 Å². The minimum Gasteiger partial charge on any atom is -0.463 e. The number of hydrogen-bond donors (Lipinski definition) is 0. The Balaban J connectivity index is 2.09. The molecule has 23 heavy (non-hydrogen) atoms. The number of esters is 1. The molecule has 0 bridgehead atoms. The first-order chi connectivity index (χ1) is 11.1. The van der Waals surface area contributed by atoms with Crippen LogP contribution in [-0.4, -0.2) is 12.6 Å². The van der Waals surface area contributed by atoms with Gasteiger partial charge in [-0.1, -0.05) is 24.3 Å². The first-order valence-electron chi connectivity index (χ1n) is 7.71. The van der Waals surface area contributed by atoms with Gasteiger partial charge in [0.05, 0.1) is 6.61 Å². The van der Waals surface area contributed by atoms with Crippen molar-refractivity contribution >= 4 is 22.5 Å². The molecule has 3 rings (SSSR count). The maximum absolute atomic E-state index is 11.9. The SMILES string of the molecule is CCOC(=O)C1=C(C)C=C(c2cc(=O)oc3ccccc23)CC1. The Kier molecular flexibility index (Phi) is 4.15. The minimum absolute atomic E-state index is 0.252. The van der Waals surface area contributed by atoms with Crippen LogP contribution in [0.1, 0.15) is 32.3 Å². The van der Waals surface area contributed by atoms with E-state index in [2.05, 4.69) is 0 Å². The molecule has 1 aliphatic rings. The topological polar surface area (TPSA) is 56.5 Å². The molecule has 0 amide bonds. The normalized spacial score (nSPS) is 14.8. The zero-order valence-electron chi connectivity index (χ0n) is 13.2. The van der Waals surface area contributed by atoms with Crippen LogP contribution < -0.4 is 5.63 Å². The van der Waals surface area contributed by atoms with E-state index in [4.69, 9.17) is 9.15 Å². The van der Waals surface area contributed by atoms with Crippen molar-refractivity contribution in [3.8, 4) is 0 Å². The van der Waals surface area contributed by atoms with Gasteiger partial charge in [0.25, 0.3) is 0 Å². The summed E-state index contributed by atoms with van der Waals surface area (Å²) in [6.45, 7) is 4.07. The number of carbonyl (C=O) groups is 1. The van der Waals surface area contributed by atoms with E-state index in [-0.39, 0.29) is 11.6 Å². The van der Waals surface area contributed by atoms with Crippen LogP contribution >= 0.6 is 0 Å². The van der Waals surface area contributed by atoms with Crippen molar-refractivity contribution in [1.82, 2.24) is 0 Å². The summed E-state index contributed by atoms with van der Waals surface area (Å²) in [5.41, 5.74) is 3.73. The van der Waals surface area contributed by atoms with Crippen molar-refractivity contribution in [3.63, 3.8) is 0 Å². The Bertz CT molecular complexity index is 884. The van der Waals surface area contributed by atoms with Crippen LogP contribution in [0.2, 0.25) is 0 Å². The molecular weight excluding hydrogens is 292 g/mol. The number of benzene rings is 1. The second-order valence-electron chi connectivity index (χ2n) is 5.53. The van der Waals surface area contributed by atoms with Crippen molar-refractivity contribution in [2.75, 3.05) is 6.61 Å². The third kappa shape index (κ3) is 2.97. The maximum atomic E-state index is 11.9. The first-order valence-corrected chi connectivity index (χ1v) is 7.71. The van der Waals surface area contributed by atoms with Crippen LogP contribution in [0.25, 0.3) is 16.5 Å². The molecule has 1 aromatic carbocycles. The molecule has 1 aliphatic carbocycles. The number of rotatable bonds is 3. The Morgan fingerprint density at radius 2 is 2.04 bits per heavy atom. The van der Waals surface area contributed by atoms with E-state index in [1.807, 2.05) is 31.2 Å². The molecule has 0 atom stereocenters. The maximum Gasteiger partial charge on any atom is 0.336 e. The number of fused-ring (bicyclic) bond motifs is 1. The lowest BCUT2D eigenvalue weighted by atomic mass is 9.88. The lowest BCUT2D eigenvalue weighted by molar-refractivity contribution is -0.138. The van der Waals surface area contributed by atoms with Gasteiger partial charge in [0.15, 0.2) is 0 Å². The molecule has 118 valence electrons. The monoisotopic (exact) mass is 310 g/mol. The summed E-state index contributed by atoms with van der Waals surface area (Å²) in [5.74, 6) is -0.252. The van der Waals surface area contributed by atoms with Crippen molar-refractivity contribution in [2.24, 2.45) is 0 Å². The molecule has 1 heterocycles. The van der Waals surface area contributed by atoms with E-state index in [9.17, 15) is 9.59 Å². The fourth-order valence-corrected chi connectivity index (χ4v) is 2.95. The summed E-state index contributed by atoms with van der Waals surface area (Å²) in [4.78, 5) is 23.7. The quantitative estimate of drug-likeness (QED) is 0.638. The van der Waals surface area contributed by atoms with Gasteiger partial charge in [0.1, 0.15) is 5.58 Å². The molecule has 0 saturated heterocycles. The van der Waals surface area contributed by atoms with Gasteiger partial charge >= 0.3 is 11.6 Å². The largest absolute Gasteiger partial charge is 0.463 e. The fraction of sp³-hybridized carbons (Fsp3) is 0.263. The number of para-hydroxylation sites is 1. The summed E-state index contributed by atoms with van der Waals surface area (Å²) in [6.07, 6.45) is 3.28. The van der Waals surface area contributed by atoms with E-state index < -0.39 is 0 Å². The van der Waals surface area contributed by atoms with Crippen molar-refractivity contribution in [1.29, 1.82) is 0 Å². The Hall–Kier alpha value is -2.62. The van der Waals surface area contributed by atoms with Crippen LogP contribution in [0.15, 0.2) is 56.8 Å². The highest BCUT2D eigenvalue weighted by Gasteiger charge is 2.20. The van der Waals surface area contributed by atoms with Gasteiger partial charge in [-0.3, -0.25) is 0 Å². The van der Waals surface area contributed by atoms with Crippen molar-refractivity contribution in [2.45, 2.75) is 26.7 Å². The van der Waals surface area contributed by atoms with Gasteiger partial charge in [0.2, 0.25) is 0 Å². The summed E-state index contributed by atoms with van der Waals surface area (Å²) >= 11 is 0. The number of hydrogen-bond acceptors (Lipinski definition) is 4. The molecule has 0 N–H and O–H groups in total. The third-order valence-electron chi connectivity index (χ3n) is 4.03. The molecule has 4 heteroatoms. The van der Waals surface area contributed by atoms with E-state index >= 15 is 0 Å². The standard InChI is InChI=1S/C19H18O4/c1-3-22-19(21)14-9-8-13(10-12(14)2)16-11-18(20)23-17-7-5-4-6-15(16)17/h4-7,10-11H,3,8-9H2,1-2H3. The predicted octanol–water partition coefficient (Wildman–Crippen LogP) is 3.85. The van der Waals surface area contributed by atoms with Crippen LogP contribution in [0.3, 0.4) is 0 Å². The van der Waals surface area contributed by atoms with Crippen LogP contribution in [0.5, 0.6) is 0 Å². The summed E-state index contributed by atoms with van der Waals surface area (Å²) in [5, 5.41) is 0.908. The summed E-state index contributed by atoms with van der Waals surface area (Å²) in [7, 11) is 0. The zero-order chi connectivity index (χ0) is 16.4. The molecule has 0 spiro atoms. The predicted molar refractivity (Wildman–Crippen MR) is 89.0 cm³/mol. The van der Waals surface area contributed by atoms with E-state index in [0.717, 1.165) is 22.1 Å². The lowest BCUT2D eigenvalue weighted by Crippen LogP contribution is -2.12. The second kappa shape index (κ2) is 6.24. The average Bonchev–Trinajstić information content (AvgIpc) is 2.54. The zero-order valence-corrected chi connectivity index (χ0v) is 13.2. The smallest absolute Gasteiger partial charge is 0.336 e. The van der Waals surface area contributed by atoms with Gasteiger partial charge in [-0.15, -0.1) is 0 Å². The molecule has 0 fully saturated rings. The Morgan fingerprint density at radius 1 is 1.26 bits per heavy atom. The molecule has 1 aromatic heterocycles. The molecule has 0 aliphatic heterocycles. The van der Waals surface area contributed by atoms with E-state index in [1.165, 1.54) is 6.07 Å². The van der Waals surface area contributed by atoms with Gasteiger partial charge in [-0.05, 0) is 49.5 Å². The molecule has 0 radical (unpaired) electrons. The highest BCUT2D eigenvalue weighted by Crippen LogP contribution is 2.33. The van der Waals surface area contributed by atoms with Crippen molar-refractivity contribution in [3.05, 3.63) is 63.5 Å². The highest BCUT2D eigenvalue weighted by molar-refractivity contribution is 5.95. The number of carbonyl (C=O) groups excluding carboxylic acids is 1.